The summed E-state index contributed by atoms with van der Waals surface area (Å²) in [4.78, 5) is 43.3. The summed E-state index contributed by atoms with van der Waals surface area (Å²) in [6.07, 6.45) is 4.83. The van der Waals surface area contributed by atoms with Crippen LogP contribution in [0.1, 0.15) is 29.4 Å². The van der Waals surface area contributed by atoms with Crippen LogP contribution in [0.2, 0.25) is 0 Å². The van der Waals surface area contributed by atoms with Crippen LogP contribution >= 0.6 is 0 Å². The monoisotopic (exact) mass is 356 g/mol. The van der Waals surface area contributed by atoms with E-state index in [1.54, 1.807) is 16.9 Å². The van der Waals surface area contributed by atoms with Gasteiger partial charge in [-0.1, -0.05) is 6.92 Å². The number of pyridine rings is 1. The molecule has 26 heavy (non-hydrogen) atoms. The van der Waals surface area contributed by atoms with Gasteiger partial charge < -0.3 is 5.32 Å². The van der Waals surface area contributed by atoms with Gasteiger partial charge in [-0.25, -0.2) is 9.78 Å². The van der Waals surface area contributed by atoms with E-state index in [2.05, 4.69) is 20.4 Å². The molecule has 1 amide bonds. The minimum atomic E-state index is -0.611. The third kappa shape index (κ3) is 3.41. The fourth-order valence-electron chi connectivity index (χ4n) is 2.72. The van der Waals surface area contributed by atoms with E-state index in [1.165, 1.54) is 11.6 Å². The summed E-state index contributed by atoms with van der Waals surface area (Å²) in [6, 6.07) is 3.44. The Bertz CT molecular complexity index is 1050. The van der Waals surface area contributed by atoms with Gasteiger partial charge in [-0.3, -0.25) is 23.8 Å². The topological polar surface area (TPSA) is 115 Å². The highest BCUT2D eigenvalue weighted by Gasteiger charge is 2.17. The third-order valence-electron chi connectivity index (χ3n) is 4.14. The molecule has 0 unspecified atom stereocenters. The number of nitrogens with one attached hydrogen (secondary N) is 2. The van der Waals surface area contributed by atoms with Gasteiger partial charge in [-0.2, -0.15) is 5.10 Å². The highest BCUT2D eigenvalue weighted by Crippen LogP contribution is 2.14. The molecule has 2 N–H and O–H groups in total. The maximum absolute atomic E-state index is 12.6. The number of hydrogen-bond acceptors (Lipinski definition) is 5. The zero-order valence-corrected chi connectivity index (χ0v) is 14.7. The van der Waals surface area contributed by atoms with Crippen LogP contribution in [0.4, 0.5) is 0 Å². The molecule has 0 aliphatic heterocycles. The van der Waals surface area contributed by atoms with E-state index in [9.17, 15) is 14.4 Å². The molecule has 0 bridgehead atoms. The number of nitrogens with zero attached hydrogens (tertiary/aromatic N) is 4. The number of aromatic amines is 1. The van der Waals surface area contributed by atoms with Crippen LogP contribution in [0.15, 0.2) is 34.1 Å². The first-order valence-electron chi connectivity index (χ1n) is 8.39. The lowest BCUT2D eigenvalue weighted by molar-refractivity contribution is 0.0954. The van der Waals surface area contributed by atoms with Crippen LogP contribution in [0, 0.1) is 0 Å². The molecule has 0 radical (unpaired) electrons. The van der Waals surface area contributed by atoms with Gasteiger partial charge >= 0.3 is 5.69 Å². The summed E-state index contributed by atoms with van der Waals surface area (Å²) in [6.45, 7) is 3.01. The van der Waals surface area contributed by atoms with E-state index in [1.807, 2.05) is 19.2 Å². The molecule has 9 nitrogen and oxygen atoms in total. The van der Waals surface area contributed by atoms with Crippen molar-refractivity contribution in [3.8, 4) is 0 Å². The molecule has 3 rings (SSSR count). The van der Waals surface area contributed by atoms with Gasteiger partial charge in [0.15, 0.2) is 0 Å². The average Bonchev–Trinajstić information content (AvgIpc) is 3.15. The molecule has 0 fully saturated rings. The second-order valence-electron chi connectivity index (χ2n) is 5.91. The molecular formula is C17H20N6O3. The van der Waals surface area contributed by atoms with Gasteiger partial charge in [-0.15, -0.1) is 0 Å². The Morgan fingerprint density at radius 2 is 2.15 bits per heavy atom. The number of rotatable bonds is 6. The van der Waals surface area contributed by atoms with E-state index in [0.29, 0.717) is 31.6 Å². The number of aromatic nitrogens is 5. The van der Waals surface area contributed by atoms with E-state index >= 15 is 0 Å². The smallest absolute Gasteiger partial charge is 0.329 e. The van der Waals surface area contributed by atoms with Crippen molar-refractivity contribution in [1.29, 1.82) is 0 Å². The second-order valence-corrected chi connectivity index (χ2v) is 5.91. The van der Waals surface area contributed by atoms with Crippen LogP contribution in [-0.4, -0.2) is 36.8 Å². The van der Waals surface area contributed by atoms with Crippen LogP contribution < -0.4 is 16.6 Å². The third-order valence-corrected chi connectivity index (χ3v) is 4.14. The molecule has 0 atom stereocenters. The maximum atomic E-state index is 12.6. The van der Waals surface area contributed by atoms with Crippen molar-refractivity contribution >= 4 is 16.9 Å². The Kier molecular flexibility index (Phi) is 4.97. The highest BCUT2D eigenvalue weighted by atomic mass is 16.2. The van der Waals surface area contributed by atoms with Gasteiger partial charge in [0.05, 0.1) is 10.9 Å². The lowest BCUT2D eigenvalue weighted by Gasteiger charge is -2.11. The molecule has 9 heteroatoms. The van der Waals surface area contributed by atoms with Gasteiger partial charge in [0.2, 0.25) is 0 Å². The molecule has 0 aliphatic carbocycles. The predicted octanol–water partition coefficient (Wildman–Crippen LogP) is 0.201. The zero-order chi connectivity index (χ0) is 18.7. The molecular weight excluding hydrogens is 336 g/mol. The lowest BCUT2D eigenvalue weighted by Crippen LogP contribution is -2.32. The van der Waals surface area contributed by atoms with E-state index in [0.717, 1.165) is 0 Å². The summed E-state index contributed by atoms with van der Waals surface area (Å²) in [5, 5.41) is 7.04. The molecule has 3 aromatic heterocycles. The van der Waals surface area contributed by atoms with Crippen molar-refractivity contribution in [2.45, 2.75) is 26.3 Å². The first-order chi connectivity index (χ1) is 12.5. The van der Waals surface area contributed by atoms with Gasteiger partial charge in [-0.05, 0) is 25.0 Å². The molecule has 0 aromatic carbocycles. The molecule has 3 aromatic rings. The highest BCUT2D eigenvalue weighted by molar-refractivity contribution is 6.05. The van der Waals surface area contributed by atoms with Gasteiger partial charge in [0, 0.05) is 38.2 Å². The molecule has 136 valence electrons. The van der Waals surface area contributed by atoms with Crippen LogP contribution in [0.25, 0.3) is 11.0 Å². The summed E-state index contributed by atoms with van der Waals surface area (Å²) in [7, 11) is 1.51. The van der Waals surface area contributed by atoms with Gasteiger partial charge in [0.25, 0.3) is 11.5 Å². The molecule has 3 heterocycles. The normalized spacial score (nSPS) is 11.0. The van der Waals surface area contributed by atoms with Crippen molar-refractivity contribution in [2.75, 3.05) is 6.54 Å². The quantitative estimate of drug-likeness (QED) is 0.612. The summed E-state index contributed by atoms with van der Waals surface area (Å²) >= 11 is 0. The van der Waals surface area contributed by atoms with Gasteiger partial charge in [0.1, 0.15) is 5.65 Å². The number of amides is 1. The Morgan fingerprint density at radius 3 is 2.85 bits per heavy atom. The molecule has 0 spiro atoms. The maximum Gasteiger partial charge on any atom is 0.329 e. The number of fused-ring (bicyclic) bond motifs is 1. The Balaban J connectivity index is 1.88. The van der Waals surface area contributed by atoms with Crippen molar-refractivity contribution < 1.29 is 4.79 Å². The zero-order valence-electron chi connectivity index (χ0n) is 14.7. The number of hydrogen-bond donors (Lipinski definition) is 2. The lowest BCUT2D eigenvalue weighted by atomic mass is 10.1. The summed E-state index contributed by atoms with van der Waals surface area (Å²) < 4.78 is 3.02. The largest absolute Gasteiger partial charge is 0.352 e. The Hall–Kier alpha value is -3.23. The fraction of sp³-hybridized carbons (Fsp3) is 0.353. The Labute approximate surface area is 148 Å². The van der Waals surface area contributed by atoms with Crippen molar-refractivity contribution in [3.05, 3.63) is 56.6 Å². The minimum Gasteiger partial charge on any atom is -0.352 e. The minimum absolute atomic E-state index is 0.119. The molecule has 0 aliphatic rings. The van der Waals surface area contributed by atoms with E-state index < -0.39 is 11.2 Å². The number of H-pyrrole nitrogens is 1. The van der Waals surface area contributed by atoms with Crippen molar-refractivity contribution in [2.24, 2.45) is 7.05 Å². The molecule has 0 saturated heterocycles. The first kappa shape index (κ1) is 17.6. The Morgan fingerprint density at radius 1 is 1.35 bits per heavy atom. The standard InChI is InChI=1S/C17H20N6O3/c1-3-11-10-12(13-14(20-11)22(2)17(26)21-16(13)25)15(24)18-6-4-8-23-9-5-7-19-23/h5,7,9-10H,3-4,6,8H2,1-2H3,(H,18,24)(H,21,25,26). The summed E-state index contributed by atoms with van der Waals surface area (Å²) in [5.74, 6) is -0.364. The average molecular weight is 356 g/mol. The predicted molar refractivity (Wildman–Crippen MR) is 96.2 cm³/mol. The van der Waals surface area contributed by atoms with E-state index in [-0.39, 0.29) is 22.5 Å². The van der Waals surface area contributed by atoms with Crippen LogP contribution in [-0.2, 0) is 20.0 Å². The number of aryl methyl sites for hydroxylation is 3. The SMILES string of the molecule is CCc1cc(C(=O)NCCCn2cccn2)c2c(=O)[nH]c(=O)n(C)c2n1. The van der Waals surface area contributed by atoms with Crippen LogP contribution in [0.3, 0.4) is 0 Å². The van der Waals surface area contributed by atoms with Crippen molar-refractivity contribution in [1.82, 2.24) is 29.6 Å². The number of carbonyl (C=O) groups excluding carboxylic acids is 1. The first-order valence-corrected chi connectivity index (χ1v) is 8.39. The summed E-state index contributed by atoms with van der Waals surface area (Å²) in [5.41, 5.74) is -0.101. The van der Waals surface area contributed by atoms with Crippen molar-refractivity contribution in [3.63, 3.8) is 0 Å². The van der Waals surface area contributed by atoms with E-state index in [4.69, 9.17) is 0 Å². The second kappa shape index (κ2) is 7.34. The molecule has 0 saturated carbocycles. The van der Waals surface area contributed by atoms with Crippen LogP contribution in [0.5, 0.6) is 0 Å². The fourth-order valence-corrected chi connectivity index (χ4v) is 2.72. The number of carbonyl (C=O) groups is 1.